The van der Waals surface area contributed by atoms with Crippen LogP contribution in [0, 0.1) is 0 Å². The van der Waals surface area contributed by atoms with Crippen molar-refractivity contribution in [3.63, 3.8) is 0 Å². The number of anilines is 1. The summed E-state index contributed by atoms with van der Waals surface area (Å²) in [5.41, 5.74) is 6.40. The first-order valence-corrected chi connectivity index (χ1v) is 7.27. The van der Waals surface area contributed by atoms with Crippen molar-refractivity contribution >= 4 is 11.6 Å². The Kier molecular flexibility index (Phi) is 3.53. The van der Waals surface area contributed by atoms with Crippen molar-refractivity contribution in [1.29, 1.82) is 0 Å². The first-order chi connectivity index (χ1) is 9.65. The maximum atomic E-state index is 12.6. The highest BCUT2D eigenvalue weighted by molar-refractivity contribution is 5.95. The molecule has 2 aliphatic heterocycles. The first-order valence-electron chi connectivity index (χ1n) is 7.27. The van der Waals surface area contributed by atoms with Gasteiger partial charge >= 0.3 is 0 Å². The van der Waals surface area contributed by atoms with Crippen molar-refractivity contribution in [2.45, 2.75) is 25.3 Å². The number of aromatic hydroxyl groups is 1. The maximum Gasteiger partial charge on any atom is 0.254 e. The molecule has 3 rings (SSSR count). The van der Waals surface area contributed by atoms with E-state index in [2.05, 4.69) is 4.90 Å². The third kappa shape index (κ3) is 2.45. The van der Waals surface area contributed by atoms with E-state index in [1.807, 2.05) is 4.90 Å². The number of nitrogen functional groups attached to an aromatic ring is 1. The van der Waals surface area contributed by atoms with Crippen LogP contribution in [-0.2, 0) is 0 Å². The standard InChI is InChI=1S/C15H21N3O2/c16-13-5-4-11(9-14(13)19)15(20)18-8-2-7-17-6-1-3-12(17)10-18/h4-5,9,12,19H,1-3,6-8,10,16H2. The lowest BCUT2D eigenvalue weighted by Crippen LogP contribution is -2.39. The van der Waals surface area contributed by atoms with E-state index in [1.165, 1.54) is 18.9 Å². The topological polar surface area (TPSA) is 69.8 Å². The van der Waals surface area contributed by atoms with Gasteiger partial charge in [0, 0.05) is 31.2 Å². The normalized spacial score (nSPS) is 23.4. The van der Waals surface area contributed by atoms with Crippen LogP contribution in [0.15, 0.2) is 18.2 Å². The maximum absolute atomic E-state index is 12.6. The Morgan fingerprint density at radius 2 is 2.05 bits per heavy atom. The van der Waals surface area contributed by atoms with E-state index < -0.39 is 0 Å². The SMILES string of the molecule is Nc1ccc(C(=O)N2CCCN3CCCC3C2)cc1O. The first kappa shape index (κ1) is 13.2. The Labute approximate surface area is 119 Å². The molecule has 20 heavy (non-hydrogen) atoms. The van der Waals surface area contributed by atoms with Crippen LogP contribution in [0.4, 0.5) is 5.69 Å². The van der Waals surface area contributed by atoms with Gasteiger partial charge in [-0.25, -0.2) is 0 Å². The van der Waals surface area contributed by atoms with Gasteiger partial charge in [-0.05, 0) is 44.0 Å². The molecular formula is C15H21N3O2. The molecule has 0 saturated carbocycles. The van der Waals surface area contributed by atoms with Crippen molar-refractivity contribution in [3.8, 4) is 5.75 Å². The van der Waals surface area contributed by atoms with Crippen molar-refractivity contribution in [1.82, 2.24) is 9.80 Å². The van der Waals surface area contributed by atoms with Gasteiger partial charge in [0.1, 0.15) is 5.75 Å². The van der Waals surface area contributed by atoms with Crippen LogP contribution >= 0.6 is 0 Å². The molecule has 5 heteroatoms. The Morgan fingerprint density at radius 3 is 2.85 bits per heavy atom. The summed E-state index contributed by atoms with van der Waals surface area (Å²) >= 11 is 0. The molecule has 2 aliphatic rings. The molecule has 2 heterocycles. The minimum atomic E-state index is -0.0202. The van der Waals surface area contributed by atoms with E-state index in [9.17, 15) is 9.90 Å². The number of phenols is 1. The van der Waals surface area contributed by atoms with E-state index >= 15 is 0 Å². The zero-order valence-electron chi connectivity index (χ0n) is 11.6. The molecule has 1 aromatic rings. The van der Waals surface area contributed by atoms with Crippen molar-refractivity contribution in [2.24, 2.45) is 0 Å². The van der Waals surface area contributed by atoms with E-state index in [0.717, 1.165) is 32.6 Å². The highest BCUT2D eigenvalue weighted by Crippen LogP contribution is 2.24. The molecular weight excluding hydrogens is 254 g/mol. The predicted octanol–water partition coefficient (Wildman–Crippen LogP) is 1.28. The molecule has 0 spiro atoms. The summed E-state index contributed by atoms with van der Waals surface area (Å²) in [6.45, 7) is 3.83. The number of nitrogens with zero attached hydrogens (tertiary/aromatic N) is 2. The van der Waals surface area contributed by atoms with E-state index in [-0.39, 0.29) is 11.7 Å². The minimum absolute atomic E-state index is 0.00551. The van der Waals surface area contributed by atoms with Crippen LogP contribution < -0.4 is 5.73 Å². The van der Waals surface area contributed by atoms with Crippen molar-refractivity contribution in [2.75, 3.05) is 31.9 Å². The number of hydrogen-bond donors (Lipinski definition) is 2. The Hall–Kier alpha value is -1.75. The summed E-state index contributed by atoms with van der Waals surface area (Å²) in [4.78, 5) is 17.0. The van der Waals surface area contributed by atoms with E-state index in [1.54, 1.807) is 12.1 Å². The number of nitrogens with two attached hydrogens (primary N) is 1. The third-order valence-electron chi connectivity index (χ3n) is 4.37. The van der Waals surface area contributed by atoms with Gasteiger partial charge in [-0.2, -0.15) is 0 Å². The van der Waals surface area contributed by atoms with Crippen molar-refractivity contribution < 1.29 is 9.90 Å². The number of carbonyl (C=O) groups excluding carboxylic acids is 1. The Bertz CT molecular complexity index is 518. The fraction of sp³-hybridized carbons (Fsp3) is 0.533. The zero-order valence-corrected chi connectivity index (χ0v) is 11.6. The Balaban J connectivity index is 1.77. The average molecular weight is 275 g/mol. The second kappa shape index (κ2) is 5.32. The molecule has 5 nitrogen and oxygen atoms in total. The van der Waals surface area contributed by atoms with E-state index in [4.69, 9.17) is 5.73 Å². The van der Waals surface area contributed by atoms with Crippen LogP contribution in [0.25, 0.3) is 0 Å². The number of fused-ring (bicyclic) bond motifs is 1. The highest BCUT2D eigenvalue weighted by Gasteiger charge is 2.30. The monoisotopic (exact) mass is 275 g/mol. The molecule has 3 N–H and O–H groups in total. The second-order valence-corrected chi connectivity index (χ2v) is 5.71. The highest BCUT2D eigenvalue weighted by atomic mass is 16.3. The van der Waals surface area contributed by atoms with Gasteiger partial charge in [0.15, 0.2) is 0 Å². The third-order valence-corrected chi connectivity index (χ3v) is 4.37. The van der Waals surface area contributed by atoms with Gasteiger partial charge < -0.3 is 15.7 Å². The molecule has 1 amide bonds. The quantitative estimate of drug-likeness (QED) is 0.598. The molecule has 1 atom stereocenters. The van der Waals surface area contributed by atoms with Gasteiger partial charge in [0.05, 0.1) is 5.69 Å². The number of rotatable bonds is 1. The number of carbonyl (C=O) groups is 1. The molecule has 0 bridgehead atoms. The lowest BCUT2D eigenvalue weighted by molar-refractivity contribution is 0.0743. The summed E-state index contributed by atoms with van der Waals surface area (Å²) in [6, 6.07) is 5.25. The van der Waals surface area contributed by atoms with Gasteiger partial charge in [0.2, 0.25) is 0 Å². The average Bonchev–Trinajstić information content (AvgIpc) is 2.78. The molecule has 2 fully saturated rings. The summed E-state index contributed by atoms with van der Waals surface area (Å²) in [6.07, 6.45) is 3.43. The Morgan fingerprint density at radius 1 is 1.25 bits per heavy atom. The number of benzene rings is 1. The summed E-state index contributed by atoms with van der Waals surface area (Å²) in [5.74, 6) is -0.0257. The molecule has 1 unspecified atom stereocenters. The van der Waals surface area contributed by atoms with Crippen LogP contribution in [0.2, 0.25) is 0 Å². The fourth-order valence-corrected chi connectivity index (χ4v) is 3.25. The summed E-state index contributed by atoms with van der Waals surface area (Å²) in [7, 11) is 0. The lowest BCUT2D eigenvalue weighted by atomic mass is 10.1. The minimum Gasteiger partial charge on any atom is -0.506 e. The largest absolute Gasteiger partial charge is 0.506 e. The van der Waals surface area contributed by atoms with Gasteiger partial charge in [0.25, 0.3) is 5.91 Å². The molecule has 0 aliphatic carbocycles. The number of hydrogen-bond acceptors (Lipinski definition) is 4. The van der Waals surface area contributed by atoms with E-state index in [0.29, 0.717) is 17.3 Å². The number of phenolic OH excluding ortho intramolecular Hbond substituents is 1. The second-order valence-electron chi connectivity index (χ2n) is 5.71. The summed E-state index contributed by atoms with van der Waals surface area (Å²) in [5, 5.41) is 9.65. The van der Waals surface area contributed by atoms with Gasteiger partial charge in [-0.3, -0.25) is 9.69 Å². The predicted molar refractivity (Wildman–Crippen MR) is 77.6 cm³/mol. The van der Waals surface area contributed by atoms with Gasteiger partial charge in [-0.1, -0.05) is 0 Å². The molecule has 0 radical (unpaired) electrons. The zero-order chi connectivity index (χ0) is 14.1. The summed E-state index contributed by atoms with van der Waals surface area (Å²) < 4.78 is 0. The van der Waals surface area contributed by atoms with Crippen LogP contribution in [-0.4, -0.2) is 53.0 Å². The lowest BCUT2D eigenvalue weighted by Gasteiger charge is -2.25. The molecule has 2 saturated heterocycles. The molecule has 1 aromatic carbocycles. The molecule has 108 valence electrons. The van der Waals surface area contributed by atoms with Gasteiger partial charge in [-0.15, -0.1) is 0 Å². The fourth-order valence-electron chi connectivity index (χ4n) is 3.25. The number of amides is 1. The van der Waals surface area contributed by atoms with Crippen LogP contribution in [0.5, 0.6) is 5.75 Å². The smallest absolute Gasteiger partial charge is 0.254 e. The van der Waals surface area contributed by atoms with Crippen LogP contribution in [0.3, 0.4) is 0 Å². The molecule has 0 aromatic heterocycles. The van der Waals surface area contributed by atoms with Crippen molar-refractivity contribution in [3.05, 3.63) is 23.8 Å². The van der Waals surface area contributed by atoms with Crippen LogP contribution in [0.1, 0.15) is 29.6 Å².